The Hall–Kier alpha value is -2.51. The van der Waals surface area contributed by atoms with Crippen LogP contribution in [-0.2, 0) is 4.79 Å². The molecule has 0 aromatic carbocycles. The van der Waals surface area contributed by atoms with E-state index in [4.69, 9.17) is 4.74 Å². The highest BCUT2D eigenvalue weighted by Crippen LogP contribution is 2.30. The molecule has 8 heteroatoms. The summed E-state index contributed by atoms with van der Waals surface area (Å²) in [5.74, 6) is 1.61. The predicted molar refractivity (Wildman–Crippen MR) is 98.4 cm³/mol. The molecule has 2 saturated heterocycles. The van der Waals surface area contributed by atoms with Crippen LogP contribution in [-0.4, -0.2) is 67.2 Å². The number of aromatic nitrogens is 1. The summed E-state index contributed by atoms with van der Waals surface area (Å²) in [5.41, 5.74) is 0. The molecule has 1 aromatic heterocycles. The van der Waals surface area contributed by atoms with Gasteiger partial charge in [-0.2, -0.15) is 0 Å². The molecule has 0 unspecified atom stereocenters. The molecule has 3 heterocycles. The summed E-state index contributed by atoms with van der Waals surface area (Å²) >= 11 is 0. The van der Waals surface area contributed by atoms with Crippen LogP contribution < -0.4 is 20.3 Å². The number of anilines is 1. The zero-order chi connectivity index (χ0) is 18.4. The molecule has 3 rings (SSSR count). The molecule has 8 nitrogen and oxygen atoms in total. The van der Waals surface area contributed by atoms with E-state index in [-0.39, 0.29) is 18.0 Å². The smallest absolute Gasteiger partial charge is 0.317 e. The van der Waals surface area contributed by atoms with Crippen molar-refractivity contribution in [2.75, 3.05) is 44.2 Å². The van der Waals surface area contributed by atoms with Crippen LogP contribution in [0.5, 0.6) is 5.75 Å². The molecule has 2 N–H and O–H groups in total. The fraction of sp³-hybridized carbons (Fsp3) is 0.611. The van der Waals surface area contributed by atoms with Gasteiger partial charge in [-0.25, -0.2) is 9.78 Å². The van der Waals surface area contributed by atoms with Gasteiger partial charge in [-0.15, -0.1) is 0 Å². The van der Waals surface area contributed by atoms with E-state index in [1.54, 1.807) is 11.1 Å². The first kappa shape index (κ1) is 18.3. The molecular weight excluding hydrogens is 334 g/mol. The highest BCUT2D eigenvalue weighted by molar-refractivity contribution is 5.75. The number of urea groups is 1. The lowest BCUT2D eigenvalue weighted by molar-refractivity contribution is -0.118. The van der Waals surface area contributed by atoms with Crippen LogP contribution >= 0.6 is 0 Å². The second-order valence-electron chi connectivity index (χ2n) is 6.71. The summed E-state index contributed by atoms with van der Waals surface area (Å²) in [4.78, 5) is 31.5. The lowest BCUT2D eigenvalue weighted by Gasteiger charge is -2.22. The van der Waals surface area contributed by atoms with Gasteiger partial charge in [0.05, 0.1) is 6.54 Å². The summed E-state index contributed by atoms with van der Waals surface area (Å²) in [6.07, 6.45) is 4.94. The lowest BCUT2D eigenvalue weighted by Crippen LogP contribution is -2.42. The lowest BCUT2D eigenvalue weighted by atomic mass is 10.3. The van der Waals surface area contributed by atoms with Gasteiger partial charge in [0, 0.05) is 52.3 Å². The third-order valence-corrected chi connectivity index (χ3v) is 4.66. The second kappa shape index (κ2) is 8.73. The van der Waals surface area contributed by atoms with E-state index in [1.807, 2.05) is 12.1 Å². The number of nitrogens with zero attached hydrogens (tertiary/aromatic N) is 3. The highest BCUT2D eigenvalue weighted by atomic mass is 16.5. The molecule has 0 radical (unpaired) electrons. The number of ether oxygens (including phenoxy) is 1. The highest BCUT2D eigenvalue weighted by Gasteiger charge is 2.29. The molecule has 2 aliphatic heterocycles. The summed E-state index contributed by atoms with van der Waals surface area (Å²) < 4.78 is 6.17. The topological polar surface area (TPSA) is 86.8 Å². The molecule has 3 amide bonds. The number of pyridine rings is 1. The number of likely N-dealkylation sites (tertiary alicyclic amines) is 1. The molecule has 1 aromatic rings. The van der Waals surface area contributed by atoms with Gasteiger partial charge in [0.1, 0.15) is 6.10 Å². The molecule has 2 fully saturated rings. The monoisotopic (exact) mass is 361 g/mol. The molecule has 0 spiro atoms. The maximum Gasteiger partial charge on any atom is 0.317 e. The van der Waals surface area contributed by atoms with Gasteiger partial charge in [-0.05, 0) is 25.0 Å². The normalized spacial score (nSPS) is 19.5. The van der Waals surface area contributed by atoms with Crippen LogP contribution in [0.1, 0.15) is 26.2 Å². The van der Waals surface area contributed by atoms with Crippen LogP contribution in [0.4, 0.5) is 10.6 Å². The van der Waals surface area contributed by atoms with Crippen molar-refractivity contribution < 1.29 is 14.3 Å². The number of amides is 3. The number of hydrogen-bond donors (Lipinski definition) is 2. The minimum atomic E-state index is -0.118. The summed E-state index contributed by atoms with van der Waals surface area (Å²) in [6.45, 7) is 5.56. The van der Waals surface area contributed by atoms with E-state index in [0.29, 0.717) is 26.2 Å². The average Bonchev–Trinajstić information content (AvgIpc) is 3.31. The third kappa shape index (κ3) is 4.77. The van der Waals surface area contributed by atoms with Crippen LogP contribution in [0.25, 0.3) is 0 Å². The van der Waals surface area contributed by atoms with E-state index in [9.17, 15) is 9.59 Å². The molecule has 0 saturated carbocycles. The van der Waals surface area contributed by atoms with Crippen molar-refractivity contribution in [3.63, 3.8) is 0 Å². The quantitative estimate of drug-likeness (QED) is 0.738. The van der Waals surface area contributed by atoms with Crippen molar-refractivity contribution in [3.05, 3.63) is 18.3 Å². The van der Waals surface area contributed by atoms with Crippen molar-refractivity contribution in [1.82, 2.24) is 20.5 Å². The maximum atomic E-state index is 12.2. The molecule has 0 aliphatic carbocycles. The summed E-state index contributed by atoms with van der Waals surface area (Å²) in [7, 11) is 0. The van der Waals surface area contributed by atoms with Gasteiger partial charge in [0.25, 0.3) is 0 Å². The van der Waals surface area contributed by atoms with Crippen molar-refractivity contribution >= 4 is 17.8 Å². The second-order valence-corrected chi connectivity index (χ2v) is 6.71. The Labute approximate surface area is 153 Å². The largest absolute Gasteiger partial charge is 0.485 e. The van der Waals surface area contributed by atoms with E-state index in [1.165, 1.54) is 19.8 Å². The Bertz CT molecular complexity index is 633. The van der Waals surface area contributed by atoms with E-state index in [0.717, 1.165) is 31.1 Å². The van der Waals surface area contributed by atoms with Gasteiger partial charge < -0.3 is 25.2 Å². The van der Waals surface area contributed by atoms with Crippen molar-refractivity contribution in [1.29, 1.82) is 0 Å². The number of carbonyl (C=O) groups is 2. The van der Waals surface area contributed by atoms with Gasteiger partial charge in [-0.3, -0.25) is 4.79 Å². The first-order chi connectivity index (χ1) is 12.6. The minimum absolute atomic E-state index is 0.0263. The molecule has 26 heavy (non-hydrogen) atoms. The Morgan fingerprint density at radius 2 is 2.00 bits per heavy atom. The van der Waals surface area contributed by atoms with Crippen LogP contribution in [0.3, 0.4) is 0 Å². The third-order valence-electron chi connectivity index (χ3n) is 4.66. The average molecular weight is 361 g/mol. The minimum Gasteiger partial charge on any atom is -0.485 e. The first-order valence-corrected chi connectivity index (χ1v) is 9.27. The SMILES string of the molecule is CC(=O)NCCNC(=O)N1CC[C@@H](Oc2cccnc2N2CCCC2)C1. The van der Waals surface area contributed by atoms with E-state index >= 15 is 0 Å². The number of hydrogen-bond acceptors (Lipinski definition) is 5. The van der Waals surface area contributed by atoms with Crippen molar-refractivity contribution in [2.45, 2.75) is 32.3 Å². The van der Waals surface area contributed by atoms with Gasteiger partial charge in [-0.1, -0.05) is 0 Å². The fourth-order valence-corrected chi connectivity index (χ4v) is 3.35. The van der Waals surface area contributed by atoms with Gasteiger partial charge in [0.15, 0.2) is 11.6 Å². The van der Waals surface area contributed by atoms with Crippen molar-refractivity contribution in [3.8, 4) is 5.75 Å². The fourth-order valence-electron chi connectivity index (χ4n) is 3.35. The van der Waals surface area contributed by atoms with Crippen LogP contribution in [0.2, 0.25) is 0 Å². The van der Waals surface area contributed by atoms with Crippen LogP contribution in [0.15, 0.2) is 18.3 Å². The van der Waals surface area contributed by atoms with Crippen LogP contribution in [0, 0.1) is 0 Å². The first-order valence-electron chi connectivity index (χ1n) is 9.27. The summed E-state index contributed by atoms with van der Waals surface area (Å²) in [5, 5.41) is 5.47. The molecule has 1 atom stereocenters. The van der Waals surface area contributed by atoms with Gasteiger partial charge in [0.2, 0.25) is 5.91 Å². The number of nitrogens with one attached hydrogen (secondary N) is 2. The molecule has 2 aliphatic rings. The Balaban J connectivity index is 1.49. The zero-order valence-electron chi connectivity index (χ0n) is 15.2. The van der Waals surface area contributed by atoms with Crippen molar-refractivity contribution in [2.24, 2.45) is 0 Å². The standard InChI is InChI=1S/C18H27N5O3/c1-14(24)19-8-9-21-18(25)23-12-6-15(13-23)26-16-5-4-7-20-17(16)22-10-2-3-11-22/h4-5,7,15H,2-3,6,8-13H2,1H3,(H,19,24)(H,21,25)/t15-/m1/s1. The summed E-state index contributed by atoms with van der Waals surface area (Å²) in [6, 6.07) is 3.72. The maximum absolute atomic E-state index is 12.2. The van der Waals surface area contributed by atoms with E-state index in [2.05, 4.69) is 20.5 Å². The molecule has 0 bridgehead atoms. The number of carbonyl (C=O) groups excluding carboxylic acids is 2. The molecule has 142 valence electrons. The van der Waals surface area contributed by atoms with Gasteiger partial charge >= 0.3 is 6.03 Å². The zero-order valence-corrected chi connectivity index (χ0v) is 15.2. The Morgan fingerprint density at radius 1 is 1.23 bits per heavy atom. The van der Waals surface area contributed by atoms with E-state index < -0.39 is 0 Å². The molecular formula is C18H27N5O3. The Kier molecular flexibility index (Phi) is 6.14. The number of rotatable bonds is 6. The Morgan fingerprint density at radius 3 is 2.77 bits per heavy atom. The predicted octanol–water partition coefficient (Wildman–Crippen LogP) is 0.981.